The van der Waals surface area contributed by atoms with Gasteiger partial charge in [0.1, 0.15) is 0 Å². The van der Waals surface area contributed by atoms with E-state index in [4.69, 9.17) is 4.52 Å². The molecule has 3 nitrogen and oxygen atoms in total. The SMILES string of the molecule is CC.CC(=O)c1cc(C(C)C)no1. The van der Waals surface area contributed by atoms with E-state index in [1.54, 1.807) is 6.07 Å². The molecule has 1 aromatic rings. The Labute approximate surface area is 79.1 Å². The molecule has 0 atom stereocenters. The van der Waals surface area contributed by atoms with Crippen LogP contribution in [0.4, 0.5) is 0 Å². The van der Waals surface area contributed by atoms with E-state index in [1.807, 2.05) is 27.7 Å². The van der Waals surface area contributed by atoms with Crippen LogP contribution in [0, 0.1) is 0 Å². The molecule has 1 rings (SSSR count). The van der Waals surface area contributed by atoms with Crippen LogP contribution in [0.5, 0.6) is 0 Å². The van der Waals surface area contributed by atoms with Gasteiger partial charge < -0.3 is 4.52 Å². The minimum atomic E-state index is -0.0793. The van der Waals surface area contributed by atoms with Crippen LogP contribution >= 0.6 is 0 Å². The third kappa shape index (κ3) is 3.40. The maximum absolute atomic E-state index is 10.7. The van der Waals surface area contributed by atoms with E-state index in [1.165, 1.54) is 6.92 Å². The quantitative estimate of drug-likeness (QED) is 0.662. The number of hydrogen-bond donors (Lipinski definition) is 0. The zero-order valence-electron chi connectivity index (χ0n) is 8.92. The van der Waals surface area contributed by atoms with Gasteiger partial charge in [-0.2, -0.15) is 0 Å². The molecule has 0 radical (unpaired) electrons. The summed E-state index contributed by atoms with van der Waals surface area (Å²) in [6, 6.07) is 1.69. The van der Waals surface area contributed by atoms with Gasteiger partial charge in [0.05, 0.1) is 5.69 Å². The molecule has 0 bridgehead atoms. The fourth-order valence-corrected chi connectivity index (χ4v) is 0.727. The van der Waals surface area contributed by atoms with Crippen molar-refractivity contribution in [3.8, 4) is 0 Å². The molecule has 0 fully saturated rings. The molecular formula is C10H17NO2. The predicted molar refractivity (Wildman–Crippen MR) is 51.9 cm³/mol. The summed E-state index contributed by atoms with van der Waals surface area (Å²) in [7, 11) is 0. The number of Topliss-reactive ketones (excluding diaryl/α,β-unsaturated/α-hetero) is 1. The lowest BCUT2D eigenvalue weighted by Crippen LogP contribution is -1.87. The summed E-state index contributed by atoms with van der Waals surface area (Å²) in [5.74, 6) is 0.574. The molecular weight excluding hydrogens is 166 g/mol. The molecule has 0 aromatic carbocycles. The Morgan fingerprint density at radius 2 is 2.00 bits per heavy atom. The van der Waals surface area contributed by atoms with Crippen molar-refractivity contribution in [2.75, 3.05) is 0 Å². The van der Waals surface area contributed by atoms with Crippen LogP contribution in [-0.2, 0) is 0 Å². The van der Waals surface area contributed by atoms with Gasteiger partial charge >= 0.3 is 0 Å². The lowest BCUT2D eigenvalue weighted by atomic mass is 10.1. The summed E-state index contributed by atoms with van der Waals surface area (Å²) < 4.78 is 4.79. The van der Waals surface area contributed by atoms with Crippen LogP contribution in [0.15, 0.2) is 10.6 Å². The van der Waals surface area contributed by atoms with Crippen molar-refractivity contribution in [1.82, 2.24) is 5.16 Å². The molecule has 0 saturated heterocycles. The molecule has 0 unspecified atom stereocenters. The molecule has 0 saturated carbocycles. The van der Waals surface area contributed by atoms with Crippen molar-refractivity contribution in [2.24, 2.45) is 0 Å². The average molecular weight is 183 g/mol. The molecule has 13 heavy (non-hydrogen) atoms. The lowest BCUT2D eigenvalue weighted by Gasteiger charge is -1.92. The predicted octanol–water partition coefficient (Wildman–Crippen LogP) is 3.03. The van der Waals surface area contributed by atoms with Gasteiger partial charge in [-0.15, -0.1) is 0 Å². The van der Waals surface area contributed by atoms with Crippen molar-refractivity contribution in [3.05, 3.63) is 17.5 Å². The molecule has 0 aliphatic carbocycles. The van der Waals surface area contributed by atoms with Crippen LogP contribution in [-0.4, -0.2) is 10.9 Å². The molecule has 0 aliphatic rings. The largest absolute Gasteiger partial charge is 0.353 e. The van der Waals surface area contributed by atoms with Gasteiger partial charge in [0.15, 0.2) is 5.78 Å². The standard InChI is InChI=1S/C8H11NO2.C2H6/c1-5(2)7-4-8(6(3)10)11-9-7;1-2/h4-5H,1-3H3;1-2H3. The molecule has 0 amide bonds. The fourth-order valence-electron chi connectivity index (χ4n) is 0.727. The summed E-state index contributed by atoms with van der Waals surface area (Å²) in [5.41, 5.74) is 0.829. The first-order valence-corrected chi connectivity index (χ1v) is 4.59. The summed E-state index contributed by atoms with van der Waals surface area (Å²) in [4.78, 5) is 10.7. The second-order valence-corrected chi connectivity index (χ2v) is 2.83. The monoisotopic (exact) mass is 183 g/mol. The Kier molecular flexibility index (Phi) is 5.04. The van der Waals surface area contributed by atoms with E-state index in [0.717, 1.165) is 5.69 Å². The first-order valence-electron chi connectivity index (χ1n) is 4.59. The van der Waals surface area contributed by atoms with E-state index < -0.39 is 0 Å². The van der Waals surface area contributed by atoms with E-state index in [2.05, 4.69) is 5.16 Å². The normalized spacial score (nSPS) is 9.38. The van der Waals surface area contributed by atoms with Crippen molar-refractivity contribution >= 4 is 5.78 Å². The molecule has 0 spiro atoms. The molecule has 3 heteroatoms. The Hall–Kier alpha value is -1.12. The van der Waals surface area contributed by atoms with E-state index in [9.17, 15) is 4.79 Å². The maximum Gasteiger partial charge on any atom is 0.202 e. The van der Waals surface area contributed by atoms with E-state index in [0.29, 0.717) is 11.7 Å². The van der Waals surface area contributed by atoms with Crippen LogP contribution in [0.2, 0.25) is 0 Å². The number of nitrogens with zero attached hydrogens (tertiary/aromatic N) is 1. The molecule has 0 aliphatic heterocycles. The third-order valence-electron chi connectivity index (χ3n) is 1.47. The van der Waals surface area contributed by atoms with Gasteiger partial charge in [-0.3, -0.25) is 4.79 Å². The summed E-state index contributed by atoms with van der Waals surface area (Å²) in [5, 5.41) is 3.74. The number of hydrogen-bond acceptors (Lipinski definition) is 3. The van der Waals surface area contributed by atoms with Gasteiger partial charge in [-0.05, 0) is 5.92 Å². The highest BCUT2D eigenvalue weighted by atomic mass is 16.5. The Balaban J connectivity index is 0.000000671. The molecule has 74 valence electrons. The minimum absolute atomic E-state index is 0.0793. The van der Waals surface area contributed by atoms with Gasteiger partial charge in [0.2, 0.25) is 5.76 Å². The van der Waals surface area contributed by atoms with Gasteiger partial charge in [-0.1, -0.05) is 32.9 Å². The zero-order valence-corrected chi connectivity index (χ0v) is 8.92. The van der Waals surface area contributed by atoms with Crippen molar-refractivity contribution in [2.45, 2.75) is 40.5 Å². The van der Waals surface area contributed by atoms with E-state index in [-0.39, 0.29) is 5.78 Å². The summed E-state index contributed by atoms with van der Waals surface area (Å²) >= 11 is 0. The smallest absolute Gasteiger partial charge is 0.202 e. The first-order chi connectivity index (χ1) is 6.11. The second-order valence-electron chi connectivity index (χ2n) is 2.83. The van der Waals surface area contributed by atoms with Crippen molar-refractivity contribution in [1.29, 1.82) is 0 Å². The topological polar surface area (TPSA) is 43.1 Å². The second kappa shape index (κ2) is 5.51. The third-order valence-corrected chi connectivity index (χ3v) is 1.47. The fraction of sp³-hybridized carbons (Fsp3) is 0.600. The Morgan fingerprint density at radius 1 is 1.46 bits per heavy atom. The van der Waals surface area contributed by atoms with Crippen LogP contribution < -0.4 is 0 Å². The number of carbonyl (C=O) groups excluding carboxylic acids is 1. The van der Waals surface area contributed by atoms with Crippen LogP contribution in [0.1, 0.15) is 56.8 Å². The van der Waals surface area contributed by atoms with E-state index >= 15 is 0 Å². The number of aromatic nitrogens is 1. The minimum Gasteiger partial charge on any atom is -0.353 e. The lowest BCUT2D eigenvalue weighted by molar-refractivity contribution is 0.0978. The van der Waals surface area contributed by atoms with Crippen LogP contribution in [0.25, 0.3) is 0 Å². The zero-order chi connectivity index (χ0) is 10.4. The van der Waals surface area contributed by atoms with Crippen molar-refractivity contribution < 1.29 is 9.32 Å². The number of rotatable bonds is 2. The first kappa shape index (κ1) is 11.9. The highest BCUT2D eigenvalue weighted by Crippen LogP contribution is 2.13. The van der Waals surface area contributed by atoms with Crippen LogP contribution in [0.3, 0.4) is 0 Å². The summed E-state index contributed by atoms with van der Waals surface area (Å²) in [6.45, 7) is 9.47. The van der Waals surface area contributed by atoms with Gasteiger partial charge in [-0.25, -0.2) is 0 Å². The molecule has 0 N–H and O–H groups in total. The molecule has 1 aromatic heterocycles. The van der Waals surface area contributed by atoms with Crippen molar-refractivity contribution in [3.63, 3.8) is 0 Å². The number of ketones is 1. The summed E-state index contributed by atoms with van der Waals surface area (Å²) in [6.07, 6.45) is 0. The number of carbonyl (C=O) groups is 1. The average Bonchev–Trinajstić information content (AvgIpc) is 2.56. The highest BCUT2D eigenvalue weighted by Gasteiger charge is 2.09. The Morgan fingerprint density at radius 3 is 2.23 bits per heavy atom. The maximum atomic E-state index is 10.7. The molecule has 1 heterocycles. The van der Waals surface area contributed by atoms with Gasteiger partial charge in [0.25, 0.3) is 0 Å². The van der Waals surface area contributed by atoms with Gasteiger partial charge in [0, 0.05) is 13.0 Å². The Bertz CT molecular complexity index is 264. The highest BCUT2D eigenvalue weighted by molar-refractivity contribution is 5.91.